The van der Waals surface area contributed by atoms with Crippen molar-refractivity contribution in [3.05, 3.63) is 35.9 Å². The zero-order valence-corrected chi connectivity index (χ0v) is 41.7. The van der Waals surface area contributed by atoms with Crippen LogP contribution in [-0.2, 0) is 44.8 Å². The van der Waals surface area contributed by atoms with Gasteiger partial charge in [-0.3, -0.25) is 28.8 Å². The second kappa shape index (κ2) is 24.9. The first-order valence-corrected chi connectivity index (χ1v) is 26.8. The maximum absolute atomic E-state index is 13.5. The standard InChI is InChI=1S/C54H82N6O9/c1-54(2,3)69-53(67)60-46-26-11-19-39(46)31-51(65)58-44-24-9-17-37(44)29-49(63)56-42-22-7-15-35(42)27-47(61)55-41-21-8-16-36(41)28-48(62)57-43-23-10-18-38(43)30-50(64)59-45-25-12-20-40(45)32-52(66)68-33-34-13-5-4-6-14-34/h4-6,13-14,35-46H,7-12,15-33H2,1-3H3,(H,55,61)(H,56,63)(H,57,62)(H,58,65)(H,59,64)(H,60,67). The van der Waals surface area contributed by atoms with Crippen LogP contribution >= 0.6 is 0 Å². The van der Waals surface area contributed by atoms with Gasteiger partial charge in [-0.2, -0.15) is 0 Å². The normalized spacial score (nSPS) is 30.9. The lowest BCUT2D eigenvalue weighted by Gasteiger charge is -2.27. The maximum atomic E-state index is 13.5. The highest BCUT2D eigenvalue weighted by Gasteiger charge is 2.39. The van der Waals surface area contributed by atoms with E-state index in [9.17, 15) is 33.6 Å². The molecule has 7 rings (SSSR count). The number of hydrogen-bond acceptors (Lipinski definition) is 9. The summed E-state index contributed by atoms with van der Waals surface area (Å²) in [5, 5.41) is 19.2. The van der Waals surface area contributed by atoms with Gasteiger partial charge in [-0.05, 0) is 139 Å². The number of hydrogen-bond donors (Lipinski definition) is 6. The third kappa shape index (κ3) is 16.2. The minimum Gasteiger partial charge on any atom is -0.461 e. The van der Waals surface area contributed by atoms with Crippen LogP contribution in [0.1, 0.15) is 180 Å². The molecule has 6 N–H and O–H groups in total. The summed E-state index contributed by atoms with van der Waals surface area (Å²) < 4.78 is 11.0. The molecule has 12 atom stereocenters. The Kier molecular flexibility index (Phi) is 18.8. The predicted molar refractivity (Wildman–Crippen MR) is 261 cm³/mol. The number of amides is 6. The number of carbonyl (C=O) groups is 7. The first kappa shape index (κ1) is 52.1. The van der Waals surface area contributed by atoms with Crippen molar-refractivity contribution in [2.75, 3.05) is 0 Å². The second-order valence-electron chi connectivity index (χ2n) is 22.6. The van der Waals surface area contributed by atoms with Gasteiger partial charge in [0.25, 0.3) is 0 Å². The Bertz CT molecular complexity index is 1920. The average molecular weight is 959 g/mol. The van der Waals surface area contributed by atoms with E-state index < -0.39 is 11.7 Å². The quantitative estimate of drug-likeness (QED) is 0.0730. The van der Waals surface area contributed by atoms with E-state index in [0.29, 0.717) is 32.1 Å². The van der Waals surface area contributed by atoms with Crippen molar-refractivity contribution >= 4 is 41.6 Å². The fraction of sp³-hybridized carbons (Fsp3) is 0.759. The van der Waals surface area contributed by atoms with E-state index in [0.717, 1.165) is 121 Å². The van der Waals surface area contributed by atoms with Crippen molar-refractivity contribution in [3.63, 3.8) is 0 Å². The lowest BCUT2D eigenvalue weighted by molar-refractivity contribution is -0.146. The molecule has 1 aromatic carbocycles. The zero-order chi connectivity index (χ0) is 48.9. The molecule has 0 aromatic heterocycles. The number of carbonyl (C=O) groups excluding carboxylic acids is 7. The van der Waals surface area contributed by atoms with Crippen LogP contribution in [0.3, 0.4) is 0 Å². The number of nitrogens with one attached hydrogen (secondary N) is 6. The highest BCUT2D eigenvalue weighted by Crippen LogP contribution is 2.35. The first-order valence-electron chi connectivity index (χ1n) is 26.8. The van der Waals surface area contributed by atoms with E-state index in [1.54, 1.807) is 0 Å². The van der Waals surface area contributed by atoms with Crippen molar-refractivity contribution in [2.24, 2.45) is 35.5 Å². The summed E-state index contributed by atoms with van der Waals surface area (Å²) in [6.07, 6.45) is 17.5. The molecule has 69 heavy (non-hydrogen) atoms. The smallest absolute Gasteiger partial charge is 0.407 e. The summed E-state index contributed by atoms with van der Waals surface area (Å²) in [4.78, 5) is 92.2. The largest absolute Gasteiger partial charge is 0.461 e. The van der Waals surface area contributed by atoms with Crippen LogP contribution in [-0.4, -0.2) is 83.5 Å². The molecule has 0 aliphatic heterocycles. The summed E-state index contributed by atoms with van der Waals surface area (Å²) in [7, 11) is 0. The predicted octanol–water partition coefficient (Wildman–Crippen LogP) is 7.19. The van der Waals surface area contributed by atoms with Crippen LogP contribution in [0, 0.1) is 35.5 Å². The molecule has 12 unspecified atom stereocenters. The van der Waals surface area contributed by atoms with Crippen molar-refractivity contribution in [2.45, 2.75) is 223 Å². The number of alkyl carbamates (subject to hydrolysis) is 1. The summed E-state index contributed by atoms with van der Waals surface area (Å²) in [5.41, 5.74) is 0.358. The molecule has 15 nitrogen and oxygen atoms in total. The molecule has 0 heterocycles. The van der Waals surface area contributed by atoms with Gasteiger partial charge in [0.1, 0.15) is 12.2 Å². The van der Waals surface area contributed by atoms with Gasteiger partial charge in [-0.1, -0.05) is 68.9 Å². The molecule has 6 saturated carbocycles. The SMILES string of the molecule is CC(C)(C)OC(=O)NC1CCCC1CC(=O)NC1CCCC1CC(=O)NC1CCCC1CC(=O)NC1CCCC1CC(=O)NC1CCCC1CC(=O)NC1CCCC1CC(=O)OCc1ccccc1. The van der Waals surface area contributed by atoms with Crippen LogP contribution in [0.2, 0.25) is 0 Å². The lowest BCUT2D eigenvalue weighted by atomic mass is 9.94. The molecule has 6 aliphatic carbocycles. The Morgan fingerprint density at radius 2 is 0.710 bits per heavy atom. The van der Waals surface area contributed by atoms with Crippen molar-refractivity contribution < 1.29 is 43.0 Å². The molecule has 0 spiro atoms. The lowest BCUT2D eigenvalue weighted by Crippen LogP contribution is -2.45. The summed E-state index contributed by atoms with van der Waals surface area (Å²) in [5.74, 6) is -0.0802. The van der Waals surface area contributed by atoms with Gasteiger partial charge in [-0.25, -0.2) is 4.79 Å². The molecule has 382 valence electrons. The van der Waals surface area contributed by atoms with Gasteiger partial charge in [0.2, 0.25) is 29.5 Å². The molecule has 6 aliphatic rings. The second-order valence-corrected chi connectivity index (χ2v) is 22.6. The molecule has 0 radical (unpaired) electrons. The number of benzene rings is 1. The molecule has 0 bridgehead atoms. The Morgan fingerprint density at radius 1 is 0.420 bits per heavy atom. The van der Waals surface area contributed by atoms with Crippen LogP contribution in [0.15, 0.2) is 30.3 Å². The minimum atomic E-state index is -0.589. The summed E-state index contributed by atoms with van der Waals surface area (Å²) >= 11 is 0. The molecule has 6 fully saturated rings. The van der Waals surface area contributed by atoms with Gasteiger partial charge in [0, 0.05) is 68.4 Å². The van der Waals surface area contributed by atoms with Gasteiger partial charge in [0.15, 0.2) is 0 Å². The first-order chi connectivity index (χ1) is 33.1. The molecule has 0 saturated heterocycles. The van der Waals surface area contributed by atoms with E-state index in [-0.39, 0.29) is 120 Å². The van der Waals surface area contributed by atoms with Crippen molar-refractivity contribution in [1.29, 1.82) is 0 Å². The molecule has 15 heteroatoms. The third-order valence-corrected chi connectivity index (χ3v) is 16.3. The molecular formula is C54H82N6O9. The molecule has 1 aromatic rings. The van der Waals surface area contributed by atoms with Gasteiger partial charge >= 0.3 is 12.1 Å². The van der Waals surface area contributed by atoms with Crippen LogP contribution in [0.5, 0.6) is 0 Å². The molecular weight excluding hydrogens is 877 g/mol. The number of ether oxygens (including phenoxy) is 2. The Morgan fingerprint density at radius 3 is 1.01 bits per heavy atom. The van der Waals surface area contributed by atoms with E-state index in [2.05, 4.69) is 31.9 Å². The summed E-state index contributed by atoms with van der Waals surface area (Å²) in [6.45, 7) is 5.74. The monoisotopic (exact) mass is 959 g/mol. The molecule has 6 amide bonds. The van der Waals surface area contributed by atoms with Crippen LogP contribution in [0.25, 0.3) is 0 Å². The van der Waals surface area contributed by atoms with E-state index in [4.69, 9.17) is 9.47 Å². The zero-order valence-electron chi connectivity index (χ0n) is 41.7. The van der Waals surface area contributed by atoms with E-state index >= 15 is 0 Å². The fourth-order valence-corrected chi connectivity index (χ4v) is 12.8. The number of esters is 1. The van der Waals surface area contributed by atoms with E-state index in [1.807, 2.05) is 51.1 Å². The van der Waals surface area contributed by atoms with Crippen LogP contribution < -0.4 is 31.9 Å². The Labute approximate surface area is 410 Å². The van der Waals surface area contributed by atoms with E-state index in [1.165, 1.54) is 0 Å². The fourth-order valence-electron chi connectivity index (χ4n) is 12.8. The van der Waals surface area contributed by atoms with Gasteiger partial charge in [0.05, 0.1) is 6.42 Å². The third-order valence-electron chi connectivity index (χ3n) is 16.3. The highest BCUT2D eigenvalue weighted by atomic mass is 16.6. The van der Waals surface area contributed by atoms with Crippen molar-refractivity contribution in [3.8, 4) is 0 Å². The van der Waals surface area contributed by atoms with Gasteiger partial charge in [-0.15, -0.1) is 0 Å². The Hall–Kier alpha value is -4.69. The average Bonchev–Trinajstić information content (AvgIpc) is 4.17. The Balaban J connectivity index is 0.789. The van der Waals surface area contributed by atoms with Crippen molar-refractivity contribution in [1.82, 2.24) is 31.9 Å². The minimum absolute atomic E-state index is 0.0247. The highest BCUT2D eigenvalue weighted by molar-refractivity contribution is 5.80. The van der Waals surface area contributed by atoms with Crippen LogP contribution in [0.4, 0.5) is 4.79 Å². The summed E-state index contributed by atoms with van der Waals surface area (Å²) in [6, 6.07) is 9.19. The number of rotatable bonds is 20. The topological polar surface area (TPSA) is 210 Å². The van der Waals surface area contributed by atoms with Gasteiger partial charge < -0.3 is 41.4 Å². The maximum Gasteiger partial charge on any atom is 0.407 e.